The molecule has 1 saturated heterocycles. The van der Waals surface area contributed by atoms with Gasteiger partial charge < -0.3 is 25.4 Å². The van der Waals surface area contributed by atoms with Gasteiger partial charge in [-0.15, -0.1) is 11.8 Å². The van der Waals surface area contributed by atoms with Crippen molar-refractivity contribution in [1.29, 1.82) is 0 Å². The van der Waals surface area contributed by atoms with Crippen molar-refractivity contribution in [3.8, 4) is 5.75 Å². The van der Waals surface area contributed by atoms with Gasteiger partial charge in [0.2, 0.25) is 5.91 Å². The number of carbonyl (C=O) groups excluding carboxylic acids is 3. The molecule has 2 aromatic carbocycles. The Morgan fingerprint density at radius 2 is 1.89 bits per heavy atom. The Hall–Kier alpha value is -3.25. The Morgan fingerprint density at radius 1 is 1.17 bits per heavy atom. The number of methoxy groups -OCH3 is 1. The fraction of sp³-hybridized carbons (Fsp3) is 0.375. The smallest absolute Gasteiger partial charge is 0.341 e. The zero-order valence-electron chi connectivity index (χ0n) is 19.6. The van der Waals surface area contributed by atoms with Crippen LogP contribution in [-0.4, -0.2) is 65.7 Å². The van der Waals surface area contributed by atoms with Crippen molar-refractivity contribution < 1.29 is 37.4 Å². The molecule has 0 spiro atoms. The molecule has 1 fully saturated rings. The van der Waals surface area contributed by atoms with Crippen molar-refractivity contribution in [2.24, 2.45) is 0 Å². The normalized spacial score (nSPS) is 16.0. The number of rotatable bonds is 9. The molecule has 36 heavy (non-hydrogen) atoms. The Labute approximate surface area is 210 Å². The SMILES string of the molecule is CNC(CC(=O)N1CCSC1C(=O)NCc1ccc(C(=O)OC)c(O)c1)Cc1cc(F)c(F)cc1F. The Morgan fingerprint density at radius 3 is 2.56 bits per heavy atom. The van der Waals surface area contributed by atoms with Gasteiger partial charge in [-0.3, -0.25) is 9.59 Å². The van der Waals surface area contributed by atoms with E-state index >= 15 is 0 Å². The lowest BCUT2D eigenvalue weighted by molar-refractivity contribution is -0.137. The van der Waals surface area contributed by atoms with E-state index in [-0.39, 0.29) is 42.2 Å². The predicted octanol–water partition coefficient (Wildman–Crippen LogP) is 2.33. The summed E-state index contributed by atoms with van der Waals surface area (Å²) >= 11 is 1.29. The molecule has 0 saturated carbocycles. The average Bonchev–Trinajstić information content (AvgIpc) is 3.35. The molecule has 0 aliphatic carbocycles. The first-order valence-electron chi connectivity index (χ1n) is 11.0. The first-order valence-corrected chi connectivity index (χ1v) is 12.1. The second kappa shape index (κ2) is 12.1. The fourth-order valence-corrected chi connectivity index (χ4v) is 4.94. The monoisotopic (exact) mass is 525 g/mol. The summed E-state index contributed by atoms with van der Waals surface area (Å²) in [5, 5.41) is 14.8. The number of amides is 2. The molecule has 8 nitrogen and oxygen atoms in total. The number of thioether (sulfide) groups is 1. The Bertz CT molecular complexity index is 1150. The molecule has 12 heteroatoms. The molecule has 3 rings (SSSR count). The van der Waals surface area contributed by atoms with Gasteiger partial charge in [-0.25, -0.2) is 18.0 Å². The molecule has 1 aliphatic heterocycles. The van der Waals surface area contributed by atoms with E-state index in [9.17, 15) is 32.7 Å². The number of hydrogen-bond acceptors (Lipinski definition) is 7. The highest BCUT2D eigenvalue weighted by Gasteiger charge is 2.35. The highest BCUT2D eigenvalue weighted by atomic mass is 32.2. The number of aromatic hydroxyl groups is 1. The van der Waals surface area contributed by atoms with Crippen LogP contribution in [0.3, 0.4) is 0 Å². The number of hydrogen-bond donors (Lipinski definition) is 3. The molecule has 2 atom stereocenters. The van der Waals surface area contributed by atoms with Crippen LogP contribution in [0.2, 0.25) is 0 Å². The molecular weight excluding hydrogens is 499 g/mol. The lowest BCUT2D eigenvalue weighted by Crippen LogP contribution is -2.46. The second-order valence-corrected chi connectivity index (χ2v) is 9.31. The number of esters is 1. The van der Waals surface area contributed by atoms with Gasteiger partial charge in [-0.05, 0) is 42.8 Å². The largest absolute Gasteiger partial charge is 0.507 e. The summed E-state index contributed by atoms with van der Waals surface area (Å²) in [7, 11) is 2.77. The number of carbonyl (C=O) groups is 3. The quantitative estimate of drug-likeness (QED) is 0.341. The number of ether oxygens (including phenoxy) is 1. The van der Waals surface area contributed by atoms with Gasteiger partial charge in [0, 0.05) is 37.4 Å². The third-order valence-electron chi connectivity index (χ3n) is 5.75. The minimum absolute atomic E-state index is 0.00181. The highest BCUT2D eigenvalue weighted by molar-refractivity contribution is 8.00. The number of phenolic OH excluding ortho intramolecular Hbond substituents is 1. The summed E-state index contributed by atoms with van der Waals surface area (Å²) in [6, 6.07) is 4.97. The van der Waals surface area contributed by atoms with Crippen LogP contribution in [0, 0.1) is 17.5 Å². The van der Waals surface area contributed by atoms with E-state index < -0.39 is 40.7 Å². The van der Waals surface area contributed by atoms with E-state index in [2.05, 4.69) is 15.4 Å². The maximum Gasteiger partial charge on any atom is 0.341 e. The maximum atomic E-state index is 14.0. The van der Waals surface area contributed by atoms with E-state index in [4.69, 9.17) is 0 Å². The molecule has 194 valence electrons. The molecule has 2 unspecified atom stereocenters. The fourth-order valence-electron chi connectivity index (χ4n) is 3.78. The number of nitrogens with one attached hydrogen (secondary N) is 2. The summed E-state index contributed by atoms with van der Waals surface area (Å²) < 4.78 is 45.4. The molecular formula is C24H26F3N3O5S. The third kappa shape index (κ3) is 6.49. The third-order valence-corrected chi connectivity index (χ3v) is 6.96. The topological polar surface area (TPSA) is 108 Å². The van der Waals surface area contributed by atoms with Crippen LogP contribution >= 0.6 is 11.8 Å². The van der Waals surface area contributed by atoms with Crippen LogP contribution in [0.15, 0.2) is 30.3 Å². The van der Waals surface area contributed by atoms with Gasteiger partial charge in [0.25, 0.3) is 5.91 Å². The summed E-state index contributed by atoms with van der Waals surface area (Å²) in [5.74, 6) is -4.54. The van der Waals surface area contributed by atoms with Crippen molar-refractivity contribution in [3.63, 3.8) is 0 Å². The van der Waals surface area contributed by atoms with Crippen molar-refractivity contribution in [2.45, 2.75) is 30.8 Å². The molecule has 3 N–H and O–H groups in total. The lowest BCUT2D eigenvalue weighted by Gasteiger charge is -2.25. The number of halogens is 3. The molecule has 0 bridgehead atoms. The zero-order chi connectivity index (χ0) is 26.4. The molecule has 0 radical (unpaired) electrons. The second-order valence-electron chi connectivity index (χ2n) is 8.12. The van der Waals surface area contributed by atoms with Gasteiger partial charge in [0.15, 0.2) is 17.0 Å². The first kappa shape index (κ1) is 27.3. The molecule has 0 aromatic heterocycles. The number of benzene rings is 2. The van der Waals surface area contributed by atoms with Crippen molar-refractivity contribution in [2.75, 3.05) is 26.5 Å². The molecule has 2 amide bonds. The Balaban J connectivity index is 1.60. The number of likely N-dealkylation sites (N-methyl/N-ethyl adjacent to an activating group) is 1. The van der Waals surface area contributed by atoms with E-state index in [0.717, 1.165) is 6.07 Å². The minimum atomic E-state index is -1.29. The van der Waals surface area contributed by atoms with Crippen LogP contribution in [-0.2, 0) is 27.3 Å². The summed E-state index contributed by atoms with van der Waals surface area (Å²) in [6.45, 7) is 0.396. The maximum absolute atomic E-state index is 14.0. The van der Waals surface area contributed by atoms with Crippen LogP contribution in [0.1, 0.15) is 27.9 Å². The van der Waals surface area contributed by atoms with Crippen LogP contribution in [0.4, 0.5) is 13.2 Å². The van der Waals surface area contributed by atoms with Gasteiger partial charge in [0.1, 0.15) is 17.1 Å². The van der Waals surface area contributed by atoms with E-state index in [1.807, 2.05) is 0 Å². The Kier molecular flexibility index (Phi) is 9.21. The molecule has 1 heterocycles. The first-order chi connectivity index (χ1) is 17.1. The van der Waals surface area contributed by atoms with Crippen molar-refractivity contribution >= 4 is 29.5 Å². The van der Waals surface area contributed by atoms with Gasteiger partial charge in [-0.2, -0.15) is 0 Å². The van der Waals surface area contributed by atoms with Crippen molar-refractivity contribution in [3.05, 3.63) is 64.5 Å². The van der Waals surface area contributed by atoms with Crippen molar-refractivity contribution in [1.82, 2.24) is 15.5 Å². The highest BCUT2D eigenvalue weighted by Crippen LogP contribution is 2.26. The van der Waals surface area contributed by atoms with Gasteiger partial charge in [-0.1, -0.05) is 6.07 Å². The lowest BCUT2D eigenvalue weighted by atomic mass is 10.0. The van der Waals surface area contributed by atoms with Gasteiger partial charge >= 0.3 is 5.97 Å². The molecule has 2 aromatic rings. The van der Waals surface area contributed by atoms with Crippen LogP contribution < -0.4 is 10.6 Å². The molecule has 1 aliphatic rings. The van der Waals surface area contributed by atoms with E-state index in [1.54, 1.807) is 13.1 Å². The van der Waals surface area contributed by atoms with E-state index in [0.29, 0.717) is 23.9 Å². The number of nitrogens with zero attached hydrogens (tertiary/aromatic N) is 1. The summed E-state index contributed by atoms with van der Waals surface area (Å²) in [5.41, 5.74) is 0.476. The standard InChI is InChI=1S/C24H26F3N3O5S/c1-28-15(8-14-9-18(26)19(27)11-17(14)25)10-21(32)30-5-6-36-23(30)22(33)29-12-13-3-4-16(20(31)7-13)24(34)35-2/h3-4,7,9,11,15,23,28,31H,5-6,8,10,12H2,1-2H3,(H,29,33). The van der Waals surface area contributed by atoms with E-state index in [1.165, 1.54) is 35.9 Å². The summed E-state index contributed by atoms with van der Waals surface area (Å²) in [6.07, 6.45) is -0.129. The van der Waals surface area contributed by atoms with Gasteiger partial charge in [0.05, 0.1) is 7.11 Å². The average molecular weight is 526 g/mol. The van der Waals surface area contributed by atoms with Crippen LogP contribution in [0.25, 0.3) is 0 Å². The van der Waals surface area contributed by atoms with Crippen LogP contribution in [0.5, 0.6) is 5.75 Å². The zero-order valence-corrected chi connectivity index (χ0v) is 20.5. The summed E-state index contributed by atoms with van der Waals surface area (Å²) in [4.78, 5) is 38.8. The number of phenols is 1. The minimum Gasteiger partial charge on any atom is -0.507 e. The predicted molar refractivity (Wildman–Crippen MR) is 127 cm³/mol.